The fourth-order valence-corrected chi connectivity index (χ4v) is 3.71. The molecule has 0 saturated carbocycles. The molecule has 164 valence electrons. The van der Waals surface area contributed by atoms with Gasteiger partial charge in [0.05, 0.1) is 27.4 Å². The molecule has 0 fully saturated rings. The van der Waals surface area contributed by atoms with Crippen molar-refractivity contribution in [2.24, 2.45) is 7.05 Å². The molecular formula is C22H16Cl2F2N4O2. The zero-order valence-corrected chi connectivity index (χ0v) is 18.4. The van der Waals surface area contributed by atoms with Crippen molar-refractivity contribution in [1.29, 1.82) is 0 Å². The SMILES string of the molecule is Cc1nn(C)c2nc(-c3ccc(Cl)cc3)cc(C(=O)Nc3ccc(OC(F)F)c(Cl)c3)c12. The molecule has 0 saturated heterocycles. The zero-order valence-electron chi connectivity index (χ0n) is 16.9. The molecule has 2 heterocycles. The molecule has 0 radical (unpaired) electrons. The van der Waals surface area contributed by atoms with E-state index in [0.29, 0.717) is 38.7 Å². The van der Waals surface area contributed by atoms with Gasteiger partial charge in [0.25, 0.3) is 5.91 Å². The molecule has 6 nitrogen and oxygen atoms in total. The topological polar surface area (TPSA) is 69.0 Å². The number of amides is 1. The standard InChI is InChI=1S/C22H16Cl2F2N4O2/c1-11-19-15(21(31)27-14-7-8-18(16(24)9-14)32-22(25)26)10-17(28-20(19)30(2)29-11)12-3-5-13(23)6-4-12/h3-10,22H,1-2H3,(H,27,31). The minimum Gasteiger partial charge on any atom is -0.433 e. The number of halogens is 4. The number of rotatable bonds is 5. The third kappa shape index (κ3) is 4.37. The van der Waals surface area contributed by atoms with Crippen LogP contribution in [0.3, 0.4) is 0 Å². The Kier molecular flexibility index (Phi) is 5.99. The average Bonchev–Trinajstić information content (AvgIpc) is 3.03. The van der Waals surface area contributed by atoms with Crippen LogP contribution in [0.1, 0.15) is 16.1 Å². The van der Waals surface area contributed by atoms with E-state index in [1.165, 1.54) is 18.2 Å². The van der Waals surface area contributed by atoms with Crippen LogP contribution in [0, 0.1) is 6.92 Å². The molecule has 0 aliphatic rings. The minimum atomic E-state index is -3.00. The van der Waals surface area contributed by atoms with E-state index in [1.54, 1.807) is 36.9 Å². The van der Waals surface area contributed by atoms with Gasteiger partial charge in [-0.05, 0) is 43.3 Å². The van der Waals surface area contributed by atoms with Gasteiger partial charge in [-0.3, -0.25) is 9.48 Å². The van der Waals surface area contributed by atoms with Gasteiger partial charge in [0, 0.05) is 23.3 Å². The maximum Gasteiger partial charge on any atom is 0.387 e. The molecule has 4 rings (SSSR count). The lowest BCUT2D eigenvalue weighted by Gasteiger charge is -2.11. The van der Waals surface area contributed by atoms with Crippen molar-refractivity contribution in [1.82, 2.24) is 14.8 Å². The van der Waals surface area contributed by atoms with Crippen LogP contribution in [0.4, 0.5) is 14.5 Å². The number of fused-ring (bicyclic) bond motifs is 1. The van der Waals surface area contributed by atoms with Crippen molar-refractivity contribution in [3.63, 3.8) is 0 Å². The highest BCUT2D eigenvalue weighted by Crippen LogP contribution is 2.31. The van der Waals surface area contributed by atoms with Gasteiger partial charge in [-0.1, -0.05) is 35.3 Å². The number of carbonyl (C=O) groups excluding carboxylic acids is 1. The second-order valence-electron chi connectivity index (χ2n) is 6.95. The van der Waals surface area contributed by atoms with Crippen molar-refractivity contribution < 1.29 is 18.3 Å². The number of anilines is 1. The first-order valence-electron chi connectivity index (χ1n) is 9.39. The Hall–Kier alpha value is -3.23. The van der Waals surface area contributed by atoms with E-state index < -0.39 is 12.5 Å². The Morgan fingerprint density at radius 1 is 1.12 bits per heavy atom. The molecule has 32 heavy (non-hydrogen) atoms. The van der Waals surface area contributed by atoms with Gasteiger partial charge in [0.2, 0.25) is 0 Å². The molecule has 2 aromatic heterocycles. The van der Waals surface area contributed by atoms with Crippen LogP contribution in [0.2, 0.25) is 10.0 Å². The predicted octanol–water partition coefficient (Wildman–Crippen LogP) is 6.10. The Balaban J connectivity index is 1.75. The van der Waals surface area contributed by atoms with E-state index in [1.807, 2.05) is 12.1 Å². The number of hydrogen-bond donors (Lipinski definition) is 1. The lowest BCUT2D eigenvalue weighted by atomic mass is 10.0. The van der Waals surface area contributed by atoms with E-state index in [9.17, 15) is 13.6 Å². The van der Waals surface area contributed by atoms with Crippen LogP contribution in [0.15, 0.2) is 48.5 Å². The Morgan fingerprint density at radius 2 is 1.84 bits per heavy atom. The summed E-state index contributed by atoms with van der Waals surface area (Å²) in [6.07, 6.45) is 0. The quantitative estimate of drug-likeness (QED) is 0.377. The molecule has 0 spiro atoms. The average molecular weight is 477 g/mol. The van der Waals surface area contributed by atoms with E-state index in [4.69, 9.17) is 23.2 Å². The highest BCUT2D eigenvalue weighted by molar-refractivity contribution is 6.32. The fraction of sp³-hybridized carbons (Fsp3) is 0.136. The number of hydrogen-bond acceptors (Lipinski definition) is 4. The van der Waals surface area contributed by atoms with Gasteiger partial charge in [-0.15, -0.1) is 0 Å². The summed E-state index contributed by atoms with van der Waals surface area (Å²) in [6, 6.07) is 12.8. The number of nitrogens with zero attached hydrogens (tertiary/aromatic N) is 3. The summed E-state index contributed by atoms with van der Waals surface area (Å²) in [6.45, 7) is -1.21. The number of alkyl halides is 2. The maximum absolute atomic E-state index is 13.2. The summed E-state index contributed by atoms with van der Waals surface area (Å²) in [7, 11) is 1.75. The third-order valence-corrected chi connectivity index (χ3v) is 5.31. The number of aryl methyl sites for hydroxylation is 2. The van der Waals surface area contributed by atoms with Gasteiger partial charge in [0.1, 0.15) is 5.75 Å². The molecule has 0 aliphatic heterocycles. The maximum atomic E-state index is 13.2. The number of ether oxygens (including phenoxy) is 1. The molecule has 10 heteroatoms. The molecule has 1 amide bonds. The highest BCUT2D eigenvalue weighted by atomic mass is 35.5. The van der Waals surface area contributed by atoms with Crippen molar-refractivity contribution in [2.45, 2.75) is 13.5 Å². The van der Waals surface area contributed by atoms with Crippen molar-refractivity contribution in [3.8, 4) is 17.0 Å². The Morgan fingerprint density at radius 3 is 2.50 bits per heavy atom. The summed E-state index contributed by atoms with van der Waals surface area (Å²) in [4.78, 5) is 17.9. The summed E-state index contributed by atoms with van der Waals surface area (Å²) in [5.74, 6) is -0.610. The number of carbonyl (C=O) groups is 1. The second kappa shape index (κ2) is 8.72. The van der Waals surface area contributed by atoms with Crippen LogP contribution in [0.5, 0.6) is 5.75 Å². The molecule has 1 N–H and O–H groups in total. The molecular weight excluding hydrogens is 461 g/mol. The number of benzene rings is 2. The first-order valence-corrected chi connectivity index (χ1v) is 10.1. The first kappa shape index (κ1) is 22.0. The third-order valence-electron chi connectivity index (χ3n) is 4.76. The van der Waals surface area contributed by atoms with Gasteiger partial charge in [0.15, 0.2) is 5.65 Å². The summed E-state index contributed by atoms with van der Waals surface area (Å²) >= 11 is 12.0. The normalized spacial score (nSPS) is 11.2. The second-order valence-corrected chi connectivity index (χ2v) is 7.79. The molecule has 0 unspecified atom stereocenters. The number of nitrogens with one attached hydrogen (secondary N) is 1. The molecule has 0 bridgehead atoms. The smallest absolute Gasteiger partial charge is 0.387 e. The molecule has 0 atom stereocenters. The highest BCUT2D eigenvalue weighted by Gasteiger charge is 2.20. The van der Waals surface area contributed by atoms with E-state index in [-0.39, 0.29) is 10.8 Å². The Bertz CT molecular complexity index is 1320. The van der Waals surface area contributed by atoms with Gasteiger partial charge < -0.3 is 10.1 Å². The Labute approximate surface area is 191 Å². The summed E-state index contributed by atoms with van der Waals surface area (Å²) in [5.41, 5.74) is 3.21. The predicted molar refractivity (Wildman–Crippen MR) is 120 cm³/mol. The molecule has 4 aromatic rings. The van der Waals surface area contributed by atoms with Crippen molar-refractivity contribution >= 4 is 45.8 Å². The van der Waals surface area contributed by atoms with Gasteiger partial charge in [-0.2, -0.15) is 13.9 Å². The van der Waals surface area contributed by atoms with E-state index in [0.717, 1.165) is 5.56 Å². The lowest BCUT2D eigenvalue weighted by Crippen LogP contribution is -2.13. The monoisotopic (exact) mass is 476 g/mol. The van der Waals surface area contributed by atoms with Crippen LogP contribution in [-0.2, 0) is 7.05 Å². The van der Waals surface area contributed by atoms with Gasteiger partial charge >= 0.3 is 6.61 Å². The van der Waals surface area contributed by atoms with E-state index >= 15 is 0 Å². The van der Waals surface area contributed by atoms with Gasteiger partial charge in [-0.25, -0.2) is 4.98 Å². The molecule has 0 aliphatic carbocycles. The number of pyridine rings is 1. The number of aromatic nitrogens is 3. The van der Waals surface area contributed by atoms with Crippen LogP contribution < -0.4 is 10.1 Å². The molecule has 2 aromatic carbocycles. The minimum absolute atomic E-state index is 0.0533. The first-order chi connectivity index (χ1) is 15.2. The van der Waals surface area contributed by atoms with Crippen LogP contribution in [-0.4, -0.2) is 27.3 Å². The van der Waals surface area contributed by atoms with Crippen LogP contribution >= 0.6 is 23.2 Å². The summed E-state index contributed by atoms with van der Waals surface area (Å²) in [5, 5.41) is 8.26. The lowest BCUT2D eigenvalue weighted by molar-refractivity contribution is -0.0497. The zero-order chi connectivity index (χ0) is 23.0. The van der Waals surface area contributed by atoms with Crippen LogP contribution in [0.25, 0.3) is 22.3 Å². The summed E-state index contributed by atoms with van der Waals surface area (Å²) < 4.78 is 30.8. The van der Waals surface area contributed by atoms with E-state index in [2.05, 4.69) is 20.1 Å². The van der Waals surface area contributed by atoms with Crippen molar-refractivity contribution in [3.05, 3.63) is 69.8 Å². The largest absolute Gasteiger partial charge is 0.433 e. The van der Waals surface area contributed by atoms with Crippen molar-refractivity contribution in [2.75, 3.05) is 5.32 Å². The fourth-order valence-electron chi connectivity index (χ4n) is 3.36.